The second kappa shape index (κ2) is 5.48. The smallest absolute Gasteiger partial charge is 0.308 e. The lowest BCUT2D eigenvalue weighted by Crippen LogP contribution is -2.20. The van der Waals surface area contributed by atoms with Gasteiger partial charge < -0.3 is 10.6 Å². The Kier molecular flexibility index (Phi) is 3.75. The predicted molar refractivity (Wildman–Crippen MR) is 70.2 cm³/mol. The fourth-order valence-electron chi connectivity index (χ4n) is 1.51. The number of halogens is 2. The summed E-state index contributed by atoms with van der Waals surface area (Å²) in [6, 6.07) is 9.33. The fraction of sp³-hybridized carbons (Fsp3) is 0.0714. The Morgan fingerprint density at radius 3 is 2.37 bits per heavy atom. The zero-order chi connectivity index (χ0) is 13.8. The SMILES string of the molecule is Cc1ccc(NC(=O)Nc2cc(F)ccc2F)cc1. The molecule has 0 atom stereocenters. The number of amides is 2. The van der Waals surface area contributed by atoms with Gasteiger partial charge in [0.05, 0.1) is 5.69 Å². The summed E-state index contributed by atoms with van der Waals surface area (Å²) in [4.78, 5) is 11.6. The fourth-order valence-corrected chi connectivity index (χ4v) is 1.51. The second-order valence-corrected chi connectivity index (χ2v) is 4.07. The van der Waals surface area contributed by atoms with Crippen molar-refractivity contribution in [1.29, 1.82) is 0 Å². The van der Waals surface area contributed by atoms with Crippen molar-refractivity contribution in [2.75, 3.05) is 10.6 Å². The minimum absolute atomic E-state index is 0.204. The van der Waals surface area contributed by atoms with E-state index in [1.165, 1.54) is 0 Å². The van der Waals surface area contributed by atoms with Crippen LogP contribution in [0.5, 0.6) is 0 Å². The lowest BCUT2D eigenvalue weighted by Gasteiger charge is -2.08. The molecule has 0 fully saturated rings. The van der Waals surface area contributed by atoms with Crippen molar-refractivity contribution >= 4 is 17.4 Å². The minimum atomic E-state index is -0.694. The molecule has 2 aromatic rings. The van der Waals surface area contributed by atoms with Crippen molar-refractivity contribution in [3.63, 3.8) is 0 Å². The van der Waals surface area contributed by atoms with Crippen molar-refractivity contribution in [3.8, 4) is 0 Å². The first-order valence-corrected chi connectivity index (χ1v) is 5.64. The molecule has 2 N–H and O–H groups in total. The summed E-state index contributed by atoms with van der Waals surface area (Å²) < 4.78 is 26.2. The third kappa shape index (κ3) is 3.51. The molecule has 0 bridgehead atoms. The van der Waals surface area contributed by atoms with E-state index in [0.29, 0.717) is 5.69 Å². The van der Waals surface area contributed by atoms with E-state index in [0.717, 1.165) is 23.8 Å². The van der Waals surface area contributed by atoms with E-state index >= 15 is 0 Å². The van der Waals surface area contributed by atoms with Gasteiger partial charge in [-0.1, -0.05) is 17.7 Å². The van der Waals surface area contributed by atoms with E-state index in [4.69, 9.17) is 0 Å². The van der Waals surface area contributed by atoms with Crippen molar-refractivity contribution in [2.24, 2.45) is 0 Å². The molecular formula is C14H12F2N2O. The van der Waals surface area contributed by atoms with Gasteiger partial charge in [-0.25, -0.2) is 13.6 Å². The van der Waals surface area contributed by atoms with E-state index in [-0.39, 0.29) is 5.69 Å². The van der Waals surface area contributed by atoms with Crippen molar-refractivity contribution in [2.45, 2.75) is 6.92 Å². The molecule has 0 spiro atoms. The molecule has 98 valence electrons. The number of urea groups is 1. The molecule has 0 aliphatic carbocycles. The quantitative estimate of drug-likeness (QED) is 0.846. The number of hydrogen-bond donors (Lipinski definition) is 2. The molecule has 0 unspecified atom stereocenters. The molecule has 5 heteroatoms. The first kappa shape index (κ1) is 13.0. The van der Waals surface area contributed by atoms with Crippen LogP contribution in [0.3, 0.4) is 0 Å². The number of carbonyl (C=O) groups is 1. The van der Waals surface area contributed by atoms with Crippen molar-refractivity contribution < 1.29 is 13.6 Å². The molecule has 2 aromatic carbocycles. The molecule has 3 nitrogen and oxygen atoms in total. The number of nitrogens with one attached hydrogen (secondary N) is 2. The molecule has 2 rings (SSSR count). The van der Waals surface area contributed by atoms with E-state index < -0.39 is 17.7 Å². The van der Waals surface area contributed by atoms with E-state index in [1.807, 2.05) is 19.1 Å². The Morgan fingerprint density at radius 1 is 1.00 bits per heavy atom. The summed E-state index contributed by atoms with van der Waals surface area (Å²) in [5.41, 5.74) is 1.42. The topological polar surface area (TPSA) is 41.1 Å². The number of anilines is 2. The highest BCUT2D eigenvalue weighted by atomic mass is 19.1. The van der Waals surface area contributed by atoms with Crippen LogP contribution in [-0.4, -0.2) is 6.03 Å². The molecule has 0 saturated carbocycles. The van der Waals surface area contributed by atoms with E-state index in [9.17, 15) is 13.6 Å². The van der Waals surface area contributed by atoms with E-state index in [2.05, 4.69) is 10.6 Å². The highest BCUT2D eigenvalue weighted by molar-refractivity contribution is 5.99. The standard InChI is InChI=1S/C14H12F2N2O/c1-9-2-5-11(6-3-9)17-14(19)18-13-8-10(15)4-7-12(13)16/h2-8H,1H3,(H2,17,18,19). The lowest BCUT2D eigenvalue weighted by molar-refractivity contribution is 0.262. The Balaban J connectivity index is 2.05. The normalized spacial score (nSPS) is 10.1. The molecule has 2 amide bonds. The minimum Gasteiger partial charge on any atom is -0.308 e. The average Bonchev–Trinajstić information content (AvgIpc) is 2.37. The average molecular weight is 262 g/mol. The maximum Gasteiger partial charge on any atom is 0.323 e. The van der Waals surface area contributed by atoms with Crippen LogP contribution in [0.15, 0.2) is 42.5 Å². The van der Waals surface area contributed by atoms with Gasteiger partial charge in [-0.3, -0.25) is 0 Å². The summed E-state index contributed by atoms with van der Waals surface area (Å²) in [7, 11) is 0. The number of hydrogen-bond acceptors (Lipinski definition) is 1. The van der Waals surface area contributed by atoms with Crippen LogP contribution >= 0.6 is 0 Å². The molecule has 0 aromatic heterocycles. The van der Waals surface area contributed by atoms with Gasteiger partial charge in [0.25, 0.3) is 0 Å². The molecule has 19 heavy (non-hydrogen) atoms. The van der Waals surface area contributed by atoms with Crippen molar-refractivity contribution in [3.05, 3.63) is 59.7 Å². The maximum atomic E-state index is 13.3. The van der Waals surface area contributed by atoms with Gasteiger partial charge in [-0.15, -0.1) is 0 Å². The number of rotatable bonds is 2. The molecule has 0 radical (unpaired) electrons. The van der Waals surface area contributed by atoms with Crippen molar-refractivity contribution in [1.82, 2.24) is 0 Å². The summed E-state index contributed by atoms with van der Waals surface area (Å²) in [5, 5.41) is 4.77. The van der Waals surface area contributed by atoms with Gasteiger partial charge in [-0.05, 0) is 31.2 Å². The molecule has 0 aliphatic rings. The van der Waals surface area contributed by atoms with Crippen LogP contribution < -0.4 is 10.6 Å². The van der Waals surface area contributed by atoms with Gasteiger partial charge in [0, 0.05) is 11.8 Å². The van der Waals surface area contributed by atoms with Crippen LogP contribution in [0, 0.1) is 18.6 Å². The van der Waals surface area contributed by atoms with Gasteiger partial charge in [0.1, 0.15) is 11.6 Å². The Hall–Kier alpha value is -2.43. The summed E-state index contributed by atoms with van der Waals surface area (Å²) in [6.07, 6.45) is 0. The molecule has 0 aliphatic heterocycles. The molecule has 0 heterocycles. The second-order valence-electron chi connectivity index (χ2n) is 4.07. The van der Waals surface area contributed by atoms with Crippen LogP contribution in [-0.2, 0) is 0 Å². The van der Waals surface area contributed by atoms with Crippen LogP contribution in [0.2, 0.25) is 0 Å². The van der Waals surface area contributed by atoms with Crippen LogP contribution in [0.25, 0.3) is 0 Å². The zero-order valence-corrected chi connectivity index (χ0v) is 10.2. The predicted octanol–water partition coefficient (Wildman–Crippen LogP) is 3.92. The van der Waals surface area contributed by atoms with Gasteiger partial charge in [0.2, 0.25) is 0 Å². The number of benzene rings is 2. The zero-order valence-electron chi connectivity index (χ0n) is 10.2. The first-order chi connectivity index (χ1) is 9.04. The Morgan fingerprint density at radius 2 is 1.68 bits per heavy atom. The van der Waals surface area contributed by atoms with Gasteiger partial charge in [0.15, 0.2) is 0 Å². The Labute approximate surface area is 109 Å². The highest BCUT2D eigenvalue weighted by Crippen LogP contribution is 2.16. The first-order valence-electron chi connectivity index (χ1n) is 5.64. The molecule has 0 saturated heterocycles. The van der Waals surface area contributed by atoms with Gasteiger partial charge >= 0.3 is 6.03 Å². The lowest BCUT2D eigenvalue weighted by atomic mass is 10.2. The summed E-state index contributed by atoms with van der Waals surface area (Å²) in [5.74, 6) is -1.31. The Bertz CT molecular complexity index is 597. The summed E-state index contributed by atoms with van der Waals surface area (Å²) in [6.45, 7) is 1.92. The number of carbonyl (C=O) groups excluding carboxylic acids is 1. The van der Waals surface area contributed by atoms with E-state index in [1.54, 1.807) is 12.1 Å². The third-order valence-electron chi connectivity index (χ3n) is 2.49. The number of aryl methyl sites for hydroxylation is 1. The van der Waals surface area contributed by atoms with Crippen LogP contribution in [0.4, 0.5) is 25.0 Å². The van der Waals surface area contributed by atoms with Gasteiger partial charge in [-0.2, -0.15) is 0 Å². The highest BCUT2D eigenvalue weighted by Gasteiger charge is 2.08. The molecular weight excluding hydrogens is 250 g/mol. The van der Waals surface area contributed by atoms with Crippen LogP contribution in [0.1, 0.15) is 5.56 Å². The third-order valence-corrected chi connectivity index (χ3v) is 2.49. The monoisotopic (exact) mass is 262 g/mol. The summed E-state index contributed by atoms with van der Waals surface area (Å²) >= 11 is 0. The maximum absolute atomic E-state index is 13.3. The largest absolute Gasteiger partial charge is 0.323 e.